The van der Waals surface area contributed by atoms with Gasteiger partial charge >= 0.3 is 0 Å². The maximum atomic E-state index is 6.13. The van der Waals surface area contributed by atoms with Crippen LogP contribution in [0.5, 0.6) is 0 Å². The summed E-state index contributed by atoms with van der Waals surface area (Å²) >= 11 is 1.56. The Balaban J connectivity index is 1.70. The molecular weight excluding hydrogens is 384 g/mol. The van der Waals surface area contributed by atoms with E-state index in [4.69, 9.17) is 20.4 Å². The van der Waals surface area contributed by atoms with Gasteiger partial charge in [-0.3, -0.25) is 0 Å². The number of aliphatic imine (C=N–C) groups is 1. The van der Waals surface area contributed by atoms with Gasteiger partial charge in [-0.1, -0.05) is 30.3 Å². The van der Waals surface area contributed by atoms with Crippen LogP contribution in [-0.4, -0.2) is 29.0 Å². The fraction of sp³-hybridized carbons (Fsp3) is 0.286. The molecule has 0 saturated carbocycles. The van der Waals surface area contributed by atoms with Crippen LogP contribution in [0.4, 0.5) is 5.82 Å². The lowest BCUT2D eigenvalue weighted by atomic mass is 9.93. The monoisotopic (exact) mass is 404 g/mol. The van der Waals surface area contributed by atoms with Gasteiger partial charge in [0.2, 0.25) is 5.66 Å². The molecule has 2 aliphatic heterocycles. The average molecular weight is 404 g/mol. The first-order chi connectivity index (χ1) is 14.3. The molecule has 2 aliphatic rings. The third-order valence-electron chi connectivity index (χ3n) is 5.18. The highest BCUT2D eigenvalue weighted by atomic mass is 32.1. The second-order valence-electron chi connectivity index (χ2n) is 7.07. The van der Waals surface area contributed by atoms with Crippen LogP contribution in [0, 0.1) is 0 Å². The van der Waals surface area contributed by atoms with Gasteiger partial charge in [0.25, 0.3) is 0 Å². The highest BCUT2D eigenvalue weighted by Crippen LogP contribution is 2.48. The summed E-state index contributed by atoms with van der Waals surface area (Å²) in [7, 11) is 0. The molecule has 7 nitrogen and oxygen atoms in total. The molecular formula is C21H20N6OS. The molecule has 2 aromatic heterocycles. The number of rotatable bonds is 4. The van der Waals surface area contributed by atoms with Crippen LogP contribution >= 0.6 is 11.3 Å². The van der Waals surface area contributed by atoms with Crippen LogP contribution in [0.1, 0.15) is 24.1 Å². The standard InChI is InChI=1S/C21H20N6OS/c22-17-12-15(9-10-23-17)20-26-18(14-6-2-1-3-7-14)19(29-20)21(24-13-25-27-21)16-8-4-5-11-28-16/h1-3,6-7,9-10,12-13,16H,4-5,8,11H2,(H2,22,23). The SMILES string of the molecule is Nc1cc(-c2nc(-c3ccccc3)c(C3(C4CCCCO4)N=CN=N3)s2)ccn1. The smallest absolute Gasteiger partial charge is 0.234 e. The van der Waals surface area contributed by atoms with E-state index in [0.29, 0.717) is 12.4 Å². The number of nitrogens with zero attached hydrogens (tertiary/aromatic N) is 5. The summed E-state index contributed by atoms with van der Waals surface area (Å²) in [5.74, 6) is 0.462. The Morgan fingerprint density at radius 3 is 2.72 bits per heavy atom. The predicted octanol–water partition coefficient (Wildman–Crippen LogP) is 4.67. The van der Waals surface area contributed by atoms with E-state index >= 15 is 0 Å². The molecule has 0 amide bonds. The van der Waals surface area contributed by atoms with E-state index in [1.807, 2.05) is 30.3 Å². The van der Waals surface area contributed by atoms with Gasteiger partial charge in [0.1, 0.15) is 23.3 Å². The van der Waals surface area contributed by atoms with Crippen molar-refractivity contribution in [3.05, 3.63) is 53.5 Å². The second kappa shape index (κ2) is 7.46. The van der Waals surface area contributed by atoms with Crippen molar-refractivity contribution < 1.29 is 4.74 Å². The van der Waals surface area contributed by atoms with Gasteiger partial charge in [-0.15, -0.1) is 21.6 Å². The molecule has 8 heteroatoms. The summed E-state index contributed by atoms with van der Waals surface area (Å²) in [4.78, 5) is 14.7. The summed E-state index contributed by atoms with van der Waals surface area (Å²) < 4.78 is 6.13. The molecule has 146 valence electrons. The largest absolute Gasteiger partial charge is 0.384 e. The number of benzene rings is 1. The zero-order chi connectivity index (χ0) is 19.7. The van der Waals surface area contributed by atoms with Crippen molar-refractivity contribution in [1.29, 1.82) is 0 Å². The van der Waals surface area contributed by atoms with E-state index in [1.165, 1.54) is 6.34 Å². The molecule has 2 unspecified atom stereocenters. The first-order valence-electron chi connectivity index (χ1n) is 9.62. The highest BCUT2D eigenvalue weighted by Gasteiger charge is 2.47. The normalized spacial score (nSPS) is 23.5. The summed E-state index contributed by atoms with van der Waals surface area (Å²) in [5, 5.41) is 9.55. The Labute approximate surface area is 172 Å². The van der Waals surface area contributed by atoms with Gasteiger partial charge in [0, 0.05) is 23.9 Å². The van der Waals surface area contributed by atoms with Crippen LogP contribution in [0.2, 0.25) is 0 Å². The Morgan fingerprint density at radius 2 is 2.00 bits per heavy atom. The van der Waals surface area contributed by atoms with E-state index < -0.39 is 5.66 Å². The third kappa shape index (κ3) is 3.24. The Kier molecular flexibility index (Phi) is 4.65. The molecule has 4 heterocycles. The topological polar surface area (TPSA) is 98.1 Å². The number of nitrogens with two attached hydrogens (primary N) is 1. The van der Waals surface area contributed by atoms with Crippen LogP contribution in [0.3, 0.4) is 0 Å². The molecule has 0 spiro atoms. The minimum atomic E-state index is -0.889. The number of hydrogen-bond acceptors (Lipinski definition) is 8. The third-order valence-corrected chi connectivity index (χ3v) is 6.40. The predicted molar refractivity (Wildman–Crippen MR) is 114 cm³/mol. The Bertz CT molecular complexity index is 1060. The molecule has 1 fully saturated rings. The average Bonchev–Trinajstić information content (AvgIpc) is 3.44. The molecule has 2 N–H and O–H groups in total. The summed E-state index contributed by atoms with van der Waals surface area (Å²) in [6, 6.07) is 13.9. The van der Waals surface area contributed by atoms with E-state index in [9.17, 15) is 0 Å². The lowest BCUT2D eigenvalue weighted by Gasteiger charge is -2.33. The van der Waals surface area contributed by atoms with Crippen molar-refractivity contribution in [2.24, 2.45) is 15.2 Å². The van der Waals surface area contributed by atoms with E-state index in [-0.39, 0.29) is 6.10 Å². The van der Waals surface area contributed by atoms with Crippen molar-refractivity contribution in [2.45, 2.75) is 31.0 Å². The molecule has 1 saturated heterocycles. The van der Waals surface area contributed by atoms with Gasteiger partial charge in [0.05, 0.1) is 10.6 Å². The summed E-state index contributed by atoms with van der Waals surface area (Å²) in [6.07, 6.45) is 6.10. The summed E-state index contributed by atoms with van der Waals surface area (Å²) in [6.45, 7) is 0.713. The zero-order valence-electron chi connectivity index (χ0n) is 15.7. The van der Waals surface area contributed by atoms with E-state index in [2.05, 4.69) is 27.3 Å². The van der Waals surface area contributed by atoms with Gasteiger partial charge in [-0.05, 0) is 31.4 Å². The number of nitrogen functional groups attached to an aromatic ring is 1. The second-order valence-corrected chi connectivity index (χ2v) is 8.07. The van der Waals surface area contributed by atoms with Crippen molar-refractivity contribution >= 4 is 23.5 Å². The molecule has 0 radical (unpaired) electrons. The number of ether oxygens (including phenoxy) is 1. The van der Waals surface area contributed by atoms with Crippen LogP contribution < -0.4 is 5.73 Å². The fourth-order valence-electron chi connectivity index (χ4n) is 3.78. The molecule has 2 atom stereocenters. The lowest BCUT2D eigenvalue weighted by molar-refractivity contribution is -0.0305. The Hall–Kier alpha value is -2.97. The van der Waals surface area contributed by atoms with Gasteiger partial charge in [-0.2, -0.15) is 0 Å². The molecule has 29 heavy (non-hydrogen) atoms. The van der Waals surface area contributed by atoms with Crippen molar-refractivity contribution in [3.63, 3.8) is 0 Å². The highest BCUT2D eigenvalue weighted by molar-refractivity contribution is 7.15. The number of aromatic nitrogens is 2. The molecule has 0 bridgehead atoms. The summed E-state index contributed by atoms with van der Waals surface area (Å²) in [5.41, 5.74) is 7.81. The van der Waals surface area contributed by atoms with E-state index in [1.54, 1.807) is 17.5 Å². The van der Waals surface area contributed by atoms with Crippen LogP contribution in [0.15, 0.2) is 63.9 Å². The lowest BCUT2D eigenvalue weighted by Crippen LogP contribution is -2.39. The quantitative estimate of drug-likeness (QED) is 0.683. The number of pyridine rings is 1. The van der Waals surface area contributed by atoms with Gasteiger partial charge < -0.3 is 10.5 Å². The van der Waals surface area contributed by atoms with Crippen molar-refractivity contribution in [1.82, 2.24) is 9.97 Å². The molecule has 3 aromatic rings. The van der Waals surface area contributed by atoms with Crippen molar-refractivity contribution in [3.8, 4) is 21.8 Å². The minimum Gasteiger partial charge on any atom is -0.384 e. The van der Waals surface area contributed by atoms with Gasteiger partial charge in [-0.25, -0.2) is 15.0 Å². The number of hydrogen-bond donors (Lipinski definition) is 1. The first kappa shape index (κ1) is 18.1. The maximum absolute atomic E-state index is 6.13. The van der Waals surface area contributed by atoms with Crippen LogP contribution in [0.25, 0.3) is 21.8 Å². The number of thiazole rings is 1. The molecule has 1 aromatic carbocycles. The Morgan fingerprint density at radius 1 is 1.10 bits per heavy atom. The number of azo groups is 1. The fourth-order valence-corrected chi connectivity index (χ4v) is 4.99. The van der Waals surface area contributed by atoms with Crippen molar-refractivity contribution in [2.75, 3.05) is 12.3 Å². The number of anilines is 1. The first-order valence-corrected chi connectivity index (χ1v) is 10.4. The molecule has 5 rings (SSSR count). The maximum Gasteiger partial charge on any atom is 0.234 e. The molecule has 0 aliphatic carbocycles. The minimum absolute atomic E-state index is 0.156. The van der Waals surface area contributed by atoms with E-state index in [0.717, 1.165) is 46.0 Å². The zero-order valence-corrected chi connectivity index (χ0v) is 16.5. The van der Waals surface area contributed by atoms with Gasteiger partial charge in [0.15, 0.2) is 0 Å². The van der Waals surface area contributed by atoms with Crippen LogP contribution in [-0.2, 0) is 10.4 Å².